The highest BCUT2D eigenvalue weighted by atomic mass is 79.9. The van der Waals surface area contributed by atoms with Crippen LogP contribution in [0.2, 0.25) is 0 Å². The Hall–Kier alpha value is -0.330. The number of unbranched alkanes of at least 4 members (excludes halogenated alkanes) is 1. The number of ether oxygens (including phenoxy) is 1. The molecule has 0 saturated heterocycles. The van der Waals surface area contributed by atoms with Crippen LogP contribution >= 0.6 is 26.6 Å². The third-order valence-corrected chi connectivity index (χ3v) is 3.67. The first-order chi connectivity index (χ1) is 7.88. The molecule has 0 aliphatic carbocycles. The van der Waals surface area contributed by atoms with Crippen LogP contribution in [-0.2, 0) is 9.05 Å². The minimum absolute atomic E-state index is 0.0965. The molecule has 0 atom stereocenters. The van der Waals surface area contributed by atoms with Crippen molar-refractivity contribution in [2.45, 2.75) is 12.8 Å². The summed E-state index contributed by atoms with van der Waals surface area (Å²) in [7, 11) is 1.59. The van der Waals surface area contributed by atoms with Gasteiger partial charge in [0.1, 0.15) is 0 Å². The number of hydrogen-bond donors (Lipinski definition) is 0. The van der Waals surface area contributed by atoms with Crippen molar-refractivity contribution in [2.24, 2.45) is 0 Å². The summed E-state index contributed by atoms with van der Waals surface area (Å²) in [6.07, 6.45) is 0.894. The van der Waals surface area contributed by atoms with Gasteiger partial charge in [-0.25, -0.2) is 12.8 Å². The van der Waals surface area contributed by atoms with Gasteiger partial charge in [-0.15, -0.1) is 0 Å². The van der Waals surface area contributed by atoms with Crippen molar-refractivity contribution in [1.82, 2.24) is 0 Å². The molecule has 17 heavy (non-hydrogen) atoms. The van der Waals surface area contributed by atoms with Gasteiger partial charge in [-0.1, -0.05) is 15.9 Å². The van der Waals surface area contributed by atoms with E-state index in [1.807, 2.05) is 0 Å². The molecule has 96 valence electrons. The molecule has 0 N–H and O–H groups in total. The lowest BCUT2D eigenvalue weighted by atomic mass is 10.3. The first-order valence-corrected chi connectivity index (χ1v) is 8.16. The number of benzene rings is 1. The Balaban J connectivity index is 2.32. The predicted octanol–water partition coefficient (Wildman–Crippen LogP) is 3.32. The van der Waals surface area contributed by atoms with Gasteiger partial charge < -0.3 is 4.74 Å². The topological polar surface area (TPSA) is 43.4 Å². The van der Waals surface area contributed by atoms with Crippen LogP contribution in [0.5, 0.6) is 5.75 Å². The maximum atomic E-state index is 13.3. The standard InChI is InChI=1S/C10H11BrClFO3S/c11-8-3-4-10(9(13)7-8)16-5-1-2-6-17(12,14)15/h3-4,7H,1-2,5-6H2. The molecule has 0 radical (unpaired) electrons. The lowest BCUT2D eigenvalue weighted by Crippen LogP contribution is -2.03. The fourth-order valence-corrected chi connectivity index (χ4v) is 2.36. The van der Waals surface area contributed by atoms with E-state index < -0.39 is 14.9 Å². The lowest BCUT2D eigenvalue weighted by Gasteiger charge is -2.06. The Bertz CT molecular complexity index is 478. The predicted molar refractivity (Wildman–Crippen MR) is 68.5 cm³/mol. The average Bonchev–Trinajstić information content (AvgIpc) is 2.18. The van der Waals surface area contributed by atoms with Gasteiger partial charge in [0.15, 0.2) is 11.6 Å². The van der Waals surface area contributed by atoms with Gasteiger partial charge in [-0.05, 0) is 31.0 Å². The summed E-state index contributed by atoms with van der Waals surface area (Å²) in [6, 6.07) is 4.48. The summed E-state index contributed by atoms with van der Waals surface area (Å²) in [5.41, 5.74) is 0. The maximum absolute atomic E-state index is 13.3. The summed E-state index contributed by atoms with van der Waals surface area (Å²) in [4.78, 5) is 0. The molecule has 0 bridgehead atoms. The van der Waals surface area contributed by atoms with Crippen molar-refractivity contribution in [3.63, 3.8) is 0 Å². The van der Waals surface area contributed by atoms with Crippen molar-refractivity contribution in [1.29, 1.82) is 0 Å². The van der Waals surface area contributed by atoms with E-state index in [0.29, 0.717) is 17.3 Å². The van der Waals surface area contributed by atoms with Crippen molar-refractivity contribution in [2.75, 3.05) is 12.4 Å². The van der Waals surface area contributed by atoms with Crippen molar-refractivity contribution in [3.8, 4) is 5.75 Å². The quantitative estimate of drug-likeness (QED) is 0.587. The summed E-state index contributed by atoms with van der Waals surface area (Å²) < 4.78 is 40.3. The van der Waals surface area contributed by atoms with E-state index in [9.17, 15) is 12.8 Å². The highest BCUT2D eigenvalue weighted by Crippen LogP contribution is 2.21. The molecule has 0 unspecified atom stereocenters. The Morgan fingerprint density at radius 3 is 2.65 bits per heavy atom. The molecule has 0 amide bonds. The molecule has 0 heterocycles. The van der Waals surface area contributed by atoms with E-state index in [1.54, 1.807) is 6.07 Å². The maximum Gasteiger partial charge on any atom is 0.232 e. The molecule has 7 heteroatoms. The van der Waals surface area contributed by atoms with E-state index in [0.717, 1.165) is 0 Å². The third kappa shape index (κ3) is 6.24. The van der Waals surface area contributed by atoms with Crippen LogP contribution in [0.1, 0.15) is 12.8 Å². The highest BCUT2D eigenvalue weighted by molar-refractivity contribution is 9.10. The highest BCUT2D eigenvalue weighted by Gasteiger charge is 2.06. The van der Waals surface area contributed by atoms with Gasteiger partial charge in [-0.2, -0.15) is 0 Å². The Labute approximate surface area is 112 Å². The van der Waals surface area contributed by atoms with Crippen LogP contribution in [0, 0.1) is 5.82 Å². The van der Waals surface area contributed by atoms with Gasteiger partial charge in [0, 0.05) is 15.2 Å². The zero-order valence-electron chi connectivity index (χ0n) is 8.83. The van der Waals surface area contributed by atoms with E-state index in [-0.39, 0.29) is 18.1 Å². The van der Waals surface area contributed by atoms with Crippen LogP contribution < -0.4 is 4.74 Å². The Kier molecular flexibility index (Phi) is 5.69. The largest absolute Gasteiger partial charge is 0.491 e. The summed E-state index contributed by atoms with van der Waals surface area (Å²) >= 11 is 3.13. The molecule has 0 aliphatic rings. The Morgan fingerprint density at radius 2 is 2.06 bits per heavy atom. The van der Waals surface area contributed by atoms with Crippen molar-refractivity contribution in [3.05, 3.63) is 28.5 Å². The second-order valence-electron chi connectivity index (χ2n) is 3.37. The third-order valence-electron chi connectivity index (χ3n) is 1.93. The summed E-state index contributed by atoms with van der Waals surface area (Å²) in [5.74, 6) is -0.396. The number of hydrogen-bond acceptors (Lipinski definition) is 3. The van der Waals surface area contributed by atoms with Crippen LogP contribution in [0.15, 0.2) is 22.7 Å². The van der Waals surface area contributed by atoms with Gasteiger partial charge in [0.25, 0.3) is 0 Å². The lowest BCUT2D eigenvalue weighted by molar-refractivity contribution is 0.294. The fourth-order valence-electron chi connectivity index (χ4n) is 1.15. The second kappa shape index (κ2) is 6.56. The first-order valence-electron chi connectivity index (χ1n) is 4.89. The summed E-state index contributed by atoms with van der Waals surface area (Å²) in [5, 5.41) is 0. The van der Waals surface area contributed by atoms with Gasteiger partial charge in [-0.3, -0.25) is 0 Å². The second-order valence-corrected chi connectivity index (χ2v) is 7.19. The van der Waals surface area contributed by atoms with Crippen LogP contribution in [0.25, 0.3) is 0 Å². The SMILES string of the molecule is O=S(=O)(Cl)CCCCOc1ccc(Br)cc1F. The molecule has 0 saturated carbocycles. The van der Waals surface area contributed by atoms with Crippen molar-refractivity contribution < 1.29 is 17.5 Å². The monoisotopic (exact) mass is 344 g/mol. The van der Waals surface area contributed by atoms with Crippen LogP contribution in [0.4, 0.5) is 4.39 Å². The molecule has 0 aliphatic heterocycles. The molecule has 1 aromatic rings. The number of rotatable bonds is 6. The zero-order valence-corrected chi connectivity index (χ0v) is 12.0. The van der Waals surface area contributed by atoms with Crippen LogP contribution in [0.3, 0.4) is 0 Å². The molecular weight excluding hydrogens is 335 g/mol. The van der Waals surface area contributed by atoms with Gasteiger partial charge in [0.05, 0.1) is 12.4 Å². The normalized spacial score (nSPS) is 11.5. The zero-order chi connectivity index (χ0) is 12.9. The fraction of sp³-hybridized carbons (Fsp3) is 0.400. The Morgan fingerprint density at radius 1 is 1.35 bits per heavy atom. The average molecular weight is 346 g/mol. The van der Waals surface area contributed by atoms with E-state index in [2.05, 4.69) is 15.9 Å². The van der Waals surface area contributed by atoms with E-state index in [1.165, 1.54) is 12.1 Å². The molecule has 0 fully saturated rings. The van der Waals surface area contributed by atoms with Gasteiger partial charge in [0.2, 0.25) is 9.05 Å². The van der Waals surface area contributed by atoms with Crippen LogP contribution in [-0.4, -0.2) is 20.8 Å². The molecule has 0 spiro atoms. The first kappa shape index (κ1) is 14.7. The molecule has 1 aromatic carbocycles. The molecule has 0 aromatic heterocycles. The minimum Gasteiger partial charge on any atom is -0.491 e. The minimum atomic E-state index is -3.45. The smallest absolute Gasteiger partial charge is 0.232 e. The molecular formula is C10H11BrClFO3S. The van der Waals surface area contributed by atoms with E-state index in [4.69, 9.17) is 15.4 Å². The molecule has 3 nitrogen and oxygen atoms in total. The molecule has 1 rings (SSSR count). The summed E-state index contributed by atoms with van der Waals surface area (Å²) in [6.45, 7) is 0.255. The van der Waals surface area contributed by atoms with Gasteiger partial charge >= 0.3 is 0 Å². The van der Waals surface area contributed by atoms with E-state index >= 15 is 0 Å². The number of halogens is 3. The van der Waals surface area contributed by atoms with Crippen molar-refractivity contribution >= 4 is 35.7 Å².